The van der Waals surface area contributed by atoms with Crippen molar-refractivity contribution in [2.75, 3.05) is 26.2 Å². The SMILES string of the molecule is Cc1ccc(-c2noc(CN3CCN(C(=O)C[C@@H]4CCC[C@H]4N)CC3)n2)cc1. The largest absolute Gasteiger partial charge is 0.340 e. The Hall–Kier alpha value is -2.25. The first-order chi connectivity index (χ1) is 13.6. The second-order valence-corrected chi connectivity index (χ2v) is 8.09. The lowest BCUT2D eigenvalue weighted by molar-refractivity contribution is -0.134. The number of piperazine rings is 1. The molecule has 0 spiro atoms. The molecule has 7 heteroatoms. The summed E-state index contributed by atoms with van der Waals surface area (Å²) >= 11 is 0. The van der Waals surface area contributed by atoms with Gasteiger partial charge in [-0.15, -0.1) is 0 Å². The second kappa shape index (κ2) is 8.41. The van der Waals surface area contributed by atoms with E-state index in [0.29, 0.717) is 30.6 Å². The van der Waals surface area contributed by atoms with Crippen LogP contribution in [0.15, 0.2) is 28.8 Å². The first-order valence-electron chi connectivity index (χ1n) is 10.2. The molecular weight excluding hydrogens is 354 g/mol. The average Bonchev–Trinajstić information content (AvgIpc) is 3.32. The third kappa shape index (κ3) is 4.42. The zero-order valence-electron chi connectivity index (χ0n) is 16.5. The van der Waals surface area contributed by atoms with Gasteiger partial charge in [0.2, 0.25) is 17.6 Å². The van der Waals surface area contributed by atoms with E-state index in [0.717, 1.165) is 51.0 Å². The maximum absolute atomic E-state index is 12.6. The van der Waals surface area contributed by atoms with Gasteiger partial charge < -0.3 is 15.2 Å². The number of nitrogens with zero attached hydrogens (tertiary/aromatic N) is 4. The van der Waals surface area contributed by atoms with Crippen molar-refractivity contribution in [1.29, 1.82) is 0 Å². The Morgan fingerprint density at radius 2 is 1.93 bits per heavy atom. The molecule has 1 aliphatic heterocycles. The summed E-state index contributed by atoms with van der Waals surface area (Å²) in [7, 11) is 0. The molecule has 2 aromatic rings. The van der Waals surface area contributed by atoms with Gasteiger partial charge in [0, 0.05) is 44.2 Å². The maximum Gasteiger partial charge on any atom is 0.241 e. The van der Waals surface area contributed by atoms with E-state index in [1.165, 1.54) is 5.56 Å². The lowest BCUT2D eigenvalue weighted by Gasteiger charge is -2.34. The van der Waals surface area contributed by atoms with Crippen LogP contribution in [0, 0.1) is 12.8 Å². The molecule has 150 valence electrons. The molecule has 1 saturated carbocycles. The zero-order chi connectivity index (χ0) is 19.5. The smallest absolute Gasteiger partial charge is 0.241 e. The molecule has 2 atom stereocenters. The number of carbonyl (C=O) groups excluding carboxylic acids is 1. The van der Waals surface area contributed by atoms with Gasteiger partial charge in [-0.1, -0.05) is 41.4 Å². The van der Waals surface area contributed by atoms with E-state index in [1.807, 2.05) is 29.2 Å². The van der Waals surface area contributed by atoms with Crippen molar-refractivity contribution in [1.82, 2.24) is 19.9 Å². The van der Waals surface area contributed by atoms with E-state index in [1.54, 1.807) is 0 Å². The van der Waals surface area contributed by atoms with Crippen molar-refractivity contribution >= 4 is 5.91 Å². The summed E-state index contributed by atoms with van der Waals surface area (Å²) in [6.45, 7) is 5.82. The van der Waals surface area contributed by atoms with Gasteiger partial charge in [-0.05, 0) is 25.7 Å². The van der Waals surface area contributed by atoms with Crippen molar-refractivity contribution < 1.29 is 9.32 Å². The minimum absolute atomic E-state index is 0.200. The van der Waals surface area contributed by atoms with Crippen molar-refractivity contribution in [3.63, 3.8) is 0 Å². The Morgan fingerprint density at radius 1 is 1.18 bits per heavy atom. The maximum atomic E-state index is 12.6. The monoisotopic (exact) mass is 383 g/mol. The first kappa shape index (κ1) is 19.1. The molecule has 0 unspecified atom stereocenters. The van der Waals surface area contributed by atoms with Gasteiger partial charge in [-0.3, -0.25) is 9.69 Å². The molecule has 0 bridgehead atoms. The van der Waals surface area contributed by atoms with Crippen LogP contribution in [-0.4, -0.2) is 58.1 Å². The fraction of sp³-hybridized carbons (Fsp3) is 0.571. The molecule has 1 aliphatic carbocycles. The number of nitrogens with two attached hydrogens (primary N) is 1. The number of amides is 1. The van der Waals surface area contributed by atoms with Crippen molar-refractivity contribution in [2.45, 2.75) is 45.2 Å². The molecular formula is C21H29N5O2. The molecule has 2 heterocycles. The molecule has 1 saturated heterocycles. The third-order valence-corrected chi connectivity index (χ3v) is 6.02. The average molecular weight is 383 g/mol. The molecule has 4 rings (SSSR count). The molecule has 28 heavy (non-hydrogen) atoms. The Kier molecular flexibility index (Phi) is 5.73. The number of hydrogen-bond donors (Lipinski definition) is 1. The molecule has 1 aromatic heterocycles. The summed E-state index contributed by atoms with van der Waals surface area (Å²) in [4.78, 5) is 21.3. The predicted octanol–water partition coefficient (Wildman–Crippen LogP) is 2.21. The highest BCUT2D eigenvalue weighted by Crippen LogP contribution is 2.27. The number of aromatic nitrogens is 2. The summed E-state index contributed by atoms with van der Waals surface area (Å²) < 4.78 is 5.43. The number of carbonyl (C=O) groups is 1. The van der Waals surface area contributed by atoms with Crippen molar-refractivity contribution in [3.8, 4) is 11.4 Å². The van der Waals surface area contributed by atoms with Crippen LogP contribution in [0.5, 0.6) is 0 Å². The molecule has 2 N–H and O–H groups in total. The normalized spacial score (nSPS) is 23.3. The van der Waals surface area contributed by atoms with Crippen LogP contribution in [0.25, 0.3) is 11.4 Å². The zero-order valence-corrected chi connectivity index (χ0v) is 16.5. The van der Waals surface area contributed by atoms with Gasteiger partial charge in [0.25, 0.3) is 0 Å². The summed E-state index contributed by atoms with van der Waals surface area (Å²) in [6.07, 6.45) is 3.90. The fourth-order valence-corrected chi connectivity index (χ4v) is 4.16. The molecule has 1 aromatic carbocycles. The highest BCUT2D eigenvalue weighted by Gasteiger charge is 2.29. The summed E-state index contributed by atoms with van der Waals surface area (Å²) in [5, 5.41) is 4.10. The quantitative estimate of drug-likeness (QED) is 0.852. The van der Waals surface area contributed by atoms with Gasteiger partial charge in [0.05, 0.1) is 6.54 Å². The van der Waals surface area contributed by atoms with Gasteiger partial charge in [-0.25, -0.2) is 0 Å². The van der Waals surface area contributed by atoms with Crippen LogP contribution in [0.4, 0.5) is 0 Å². The van der Waals surface area contributed by atoms with E-state index in [2.05, 4.69) is 22.0 Å². The number of hydrogen-bond acceptors (Lipinski definition) is 6. The van der Waals surface area contributed by atoms with E-state index < -0.39 is 0 Å². The Labute approximate surface area is 165 Å². The minimum Gasteiger partial charge on any atom is -0.340 e. The minimum atomic E-state index is 0.200. The first-order valence-corrected chi connectivity index (χ1v) is 10.2. The molecule has 2 aliphatic rings. The lowest BCUT2D eigenvalue weighted by Crippen LogP contribution is -2.49. The Bertz CT molecular complexity index is 795. The molecule has 0 radical (unpaired) electrons. The topological polar surface area (TPSA) is 88.5 Å². The van der Waals surface area contributed by atoms with E-state index in [-0.39, 0.29) is 11.9 Å². The van der Waals surface area contributed by atoms with Gasteiger partial charge >= 0.3 is 0 Å². The van der Waals surface area contributed by atoms with Crippen LogP contribution < -0.4 is 5.73 Å². The van der Waals surface area contributed by atoms with Crippen LogP contribution in [0.1, 0.15) is 37.1 Å². The standard InChI is InChI=1S/C21H29N5O2/c1-15-5-7-16(8-6-15)21-23-19(28-24-21)14-25-9-11-26(12-10-25)20(27)13-17-3-2-4-18(17)22/h5-8,17-18H,2-4,9-14,22H2,1H3/t17-,18+/m0/s1. The number of rotatable bonds is 5. The highest BCUT2D eigenvalue weighted by molar-refractivity contribution is 5.76. The fourth-order valence-electron chi connectivity index (χ4n) is 4.16. The Balaban J connectivity index is 1.26. The predicted molar refractivity (Wildman–Crippen MR) is 106 cm³/mol. The van der Waals surface area contributed by atoms with Gasteiger partial charge in [0.1, 0.15) is 0 Å². The lowest BCUT2D eigenvalue weighted by atomic mass is 9.99. The summed E-state index contributed by atoms with van der Waals surface area (Å²) in [5.41, 5.74) is 8.28. The number of benzene rings is 1. The van der Waals surface area contributed by atoms with E-state index >= 15 is 0 Å². The van der Waals surface area contributed by atoms with Gasteiger partial charge in [0.15, 0.2) is 0 Å². The highest BCUT2D eigenvalue weighted by atomic mass is 16.5. The van der Waals surface area contributed by atoms with Gasteiger partial charge in [-0.2, -0.15) is 4.98 Å². The van der Waals surface area contributed by atoms with Crippen LogP contribution in [0.2, 0.25) is 0 Å². The summed E-state index contributed by atoms with van der Waals surface area (Å²) in [5.74, 6) is 1.86. The van der Waals surface area contributed by atoms with E-state index in [9.17, 15) is 4.79 Å². The van der Waals surface area contributed by atoms with E-state index in [4.69, 9.17) is 10.3 Å². The second-order valence-electron chi connectivity index (χ2n) is 8.09. The number of aryl methyl sites for hydroxylation is 1. The Morgan fingerprint density at radius 3 is 2.61 bits per heavy atom. The molecule has 2 fully saturated rings. The molecule has 1 amide bonds. The third-order valence-electron chi connectivity index (χ3n) is 6.02. The molecule has 7 nitrogen and oxygen atoms in total. The summed E-state index contributed by atoms with van der Waals surface area (Å²) in [6, 6.07) is 8.29. The van der Waals surface area contributed by atoms with Crippen LogP contribution in [0.3, 0.4) is 0 Å². The van der Waals surface area contributed by atoms with Crippen molar-refractivity contribution in [2.24, 2.45) is 11.7 Å². The van der Waals surface area contributed by atoms with Crippen molar-refractivity contribution in [3.05, 3.63) is 35.7 Å². The van der Waals surface area contributed by atoms with Crippen LogP contribution in [-0.2, 0) is 11.3 Å². The van der Waals surface area contributed by atoms with Crippen LogP contribution >= 0.6 is 0 Å².